The van der Waals surface area contributed by atoms with Gasteiger partial charge in [-0.25, -0.2) is 0 Å². The molecule has 0 saturated heterocycles. The largest absolute Gasteiger partial charge is 0.369 e. The third kappa shape index (κ3) is 2.55. The van der Waals surface area contributed by atoms with Gasteiger partial charge in [-0.3, -0.25) is 0 Å². The quantitative estimate of drug-likeness (QED) is 0.642. The van der Waals surface area contributed by atoms with Gasteiger partial charge in [-0.05, 0) is 0 Å². The highest BCUT2D eigenvalue weighted by atomic mass is 28.4. The molecule has 0 rings (SSSR count). The molecule has 0 radical (unpaired) electrons. The molecule has 0 aliphatic heterocycles. The van der Waals surface area contributed by atoms with Crippen LogP contribution in [0.2, 0.25) is 26.2 Å². The van der Waals surface area contributed by atoms with Crippen LogP contribution in [-0.4, -0.2) is 30.8 Å². The molecule has 0 heterocycles. The van der Waals surface area contributed by atoms with Crippen molar-refractivity contribution in [3.05, 3.63) is 24.6 Å². The van der Waals surface area contributed by atoms with Crippen molar-refractivity contribution >= 4 is 26.9 Å². The average molecular weight is 216 g/mol. The minimum atomic E-state index is -1.29. The van der Waals surface area contributed by atoms with Gasteiger partial charge in [0.1, 0.15) is 16.5 Å². The fourth-order valence-electron chi connectivity index (χ4n) is 1.02. The Morgan fingerprint density at radius 2 is 1.25 bits per heavy atom. The number of rotatable bonds is 4. The Bertz CT molecular complexity index is 167. The minimum absolute atomic E-state index is 1.14. The third-order valence-electron chi connectivity index (χ3n) is 2.73. The van der Waals surface area contributed by atoms with Crippen LogP contribution in [0, 0.1) is 0 Å². The van der Waals surface area contributed by atoms with Crippen LogP contribution in [0.4, 0.5) is 0 Å². The first-order valence-corrected chi connectivity index (χ1v) is 11.2. The van der Waals surface area contributed by atoms with E-state index in [1.54, 1.807) is 0 Å². The zero-order valence-corrected chi connectivity index (χ0v) is 13.0. The van der Waals surface area contributed by atoms with Crippen molar-refractivity contribution in [1.82, 2.24) is 3.90 Å². The topological polar surface area (TPSA) is 3.24 Å². The maximum absolute atomic E-state index is 3.93. The van der Waals surface area contributed by atoms with Crippen LogP contribution < -0.4 is 0 Å². The van der Waals surface area contributed by atoms with Crippen LogP contribution in [0.25, 0.3) is 0 Å². The molecular weight excluding hydrogens is 194 g/mol. The molecule has 0 aliphatic rings. The minimum Gasteiger partial charge on any atom is -0.369 e. The van der Waals surface area contributed by atoms with Crippen LogP contribution in [0.5, 0.6) is 0 Å². The Kier molecular flexibility index (Phi) is 3.90. The molecular formula is C8H21NSi3. The van der Waals surface area contributed by atoms with Crippen molar-refractivity contribution in [3.8, 4) is 0 Å². The maximum Gasteiger partial charge on any atom is 0.132 e. The second kappa shape index (κ2) is 3.87. The summed E-state index contributed by atoms with van der Waals surface area (Å²) in [6, 6.07) is 0. The number of hydrogen-bond donors (Lipinski definition) is 0. The van der Waals surface area contributed by atoms with E-state index in [-0.39, 0.29) is 0 Å². The van der Waals surface area contributed by atoms with Crippen molar-refractivity contribution in [1.29, 1.82) is 0 Å². The van der Waals surface area contributed by atoms with E-state index in [4.69, 9.17) is 0 Å². The van der Waals surface area contributed by atoms with E-state index in [9.17, 15) is 0 Å². The highest BCUT2D eigenvalue weighted by molar-refractivity contribution is 6.99. The van der Waals surface area contributed by atoms with Crippen molar-refractivity contribution < 1.29 is 0 Å². The molecule has 0 atom stereocenters. The maximum atomic E-state index is 3.93. The van der Waals surface area contributed by atoms with Crippen LogP contribution >= 0.6 is 0 Å². The molecule has 0 aromatic rings. The summed E-state index contributed by atoms with van der Waals surface area (Å²) >= 11 is 0. The lowest BCUT2D eigenvalue weighted by Crippen LogP contribution is -2.59. The first-order valence-electron chi connectivity index (χ1n) is 4.29. The normalized spacial score (nSPS) is 13.4. The number of hydrogen-bond acceptors (Lipinski definition) is 1. The van der Waals surface area contributed by atoms with Crippen molar-refractivity contribution in [2.45, 2.75) is 26.2 Å². The Morgan fingerprint density at radius 3 is 1.42 bits per heavy atom. The van der Waals surface area contributed by atoms with Gasteiger partial charge in [0.2, 0.25) is 0 Å². The van der Waals surface area contributed by atoms with Crippen molar-refractivity contribution in [2.24, 2.45) is 0 Å². The zero-order chi connectivity index (χ0) is 9.99. The molecule has 0 N–H and O–H groups in total. The molecule has 0 unspecified atom stereocenters. The molecule has 0 spiro atoms. The SMILES string of the molecule is C=C[Si](C)(C)N([SiH3])[Si](C)(C)C=C. The lowest BCUT2D eigenvalue weighted by Gasteiger charge is -2.41. The Hall–Kier alpha value is 0.0906. The molecule has 12 heavy (non-hydrogen) atoms. The summed E-state index contributed by atoms with van der Waals surface area (Å²) in [4.78, 5) is 0. The average Bonchev–Trinajstić information content (AvgIpc) is 2.03. The Balaban J connectivity index is 4.69. The van der Waals surface area contributed by atoms with E-state index in [0.29, 0.717) is 0 Å². The zero-order valence-electron chi connectivity index (χ0n) is 9.02. The fourth-order valence-corrected chi connectivity index (χ4v) is 9.15. The van der Waals surface area contributed by atoms with Gasteiger partial charge < -0.3 is 3.90 Å². The highest BCUT2D eigenvalue weighted by Gasteiger charge is 2.33. The Morgan fingerprint density at radius 1 is 1.00 bits per heavy atom. The monoisotopic (exact) mass is 215 g/mol. The summed E-state index contributed by atoms with van der Waals surface area (Å²) in [5.74, 6) is 0. The molecule has 70 valence electrons. The molecule has 0 aromatic carbocycles. The first-order chi connectivity index (χ1) is 5.28. The van der Waals surface area contributed by atoms with Crippen LogP contribution in [0.15, 0.2) is 24.6 Å². The molecule has 0 bridgehead atoms. The van der Waals surface area contributed by atoms with Gasteiger partial charge in [0.05, 0.1) is 10.4 Å². The summed E-state index contributed by atoms with van der Waals surface area (Å²) in [6.07, 6.45) is 0. The molecule has 1 nitrogen and oxygen atoms in total. The summed E-state index contributed by atoms with van der Waals surface area (Å²) in [6.45, 7) is 17.3. The summed E-state index contributed by atoms with van der Waals surface area (Å²) in [7, 11) is -1.44. The standard InChI is InChI=1S/C8H21NSi3/c1-7-11(3,4)9(10)12(5,6)8-2/h7-8H,1-2H2,3-6,10H3. The second-order valence-corrected chi connectivity index (χ2v) is 16.2. The van der Waals surface area contributed by atoms with E-state index in [1.807, 2.05) is 0 Å². The molecule has 0 saturated carbocycles. The van der Waals surface area contributed by atoms with E-state index >= 15 is 0 Å². The van der Waals surface area contributed by atoms with Gasteiger partial charge in [-0.1, -0.05) is 37.6 Å². The van der Waals surface area contributed by atoms with Gasteiger partial charge in [-0.15, -0.1) is 13.2 Å². The second-order valence-electron chi connectivity index (χ2n) is 4.27. The summed E-state index contributed by atoms with van der Waals surface area (Å²) in [5, 5.41) is 0. The van der Waals surface area contributed by atoms with Gasteiger partial charge in [-0.2, -0.15) is 0 Å². The van der Waals surface area contributed by atoms with Crippen LogP contribution in [0.1, 0.15) is 0 Å². The smallest absolute Gasteiger partial charge is 0.132 e. The van der Waals surface area contributed by atoms with E-state index in [2.05, 4.69) is 54.6 Å². The lowest BCUT2D eigenvalue weighted by atomic mass is 11.3. The molecule has 0 fully saturated rings. The molecule has 4 heteroatoms. The highest BCUT2D eigenvalue weighted by Crippen LogP contribution is 2.17. The van der Waals surface area contributed by atoms with Crippen LogP contribution in [0.3, 0.4) is 0 Å². The summed E-state index contributed by atoms with van der Waals surface area (Å²) in [5.41, 5.74) is 4.33. The third-order valence-corrected chi connectivity index (χ3v) is 18.6. The summed E-state index contributed by atoms with van der Waals surface area (Å²) < 4.78 is 2.67. The van der Waals surface area contributed by atoms with Gasteiger partial charge >= 0.3 is 0 Å². The predicted molar refractivity (Wildman–Crippen MR) is 67.1 cm³/mol. The van der Waals surface area contributed by atoms with Crippen molar-refractivity contribution in [2.75, 3.05) is 0 Å². The molecule has 0 aromatic heterocycles. The molecule has 0 amide bonds. The van der Waals surface area contributed by atoms with Gasteiger partial charge in [0, 0.05) is 0 Å². The molecule has 0 aliphatic carbocycles. The van der Waals surface area contributed by atoms with E-state index in [1.165, 1.54) is 0 Å². The van der Waals surface area contributed by atoms with Crippen molar-refractivity contribution in [3.63, 3.8) is 0 Å². The van der Waals surface area contributed by atoms with Crippen LogP contribution in [-0.2, 0) is 0 Å². The first kappa shape index (κ1) is 12.1. The predicted octanol–water partition coefficient (Wildman–Crippen LogP) is 1.43. The van der Waals surface area contributed by atoms with Gasteiger partial charge in [0.25, 0.3) is 0 Å². The fraction of sp³-hybridized carbons (Fsp3) is 0.500. The van der Waals surface area contributed by atoms with Gasteiger partial charge in [0.15, 0.2) is 0 Å². The van der Waals surface area contributed by atoms with E-state index in [0.717, 1.165) is 10.4 Å². The van der Waals surface area contributed by atoms with E-state index < -0.39 is 16.5 Å². The Labute approximate surface area is 81.8 Å². The number of nitrogens with zero attached hydrogens (tertiary/aromatic N) is 1. The lowest BCUT2D eigenvalue weighted by molar-refractivity contribution is 0.996.